The summed E-state index contributed by atoms with van der Waals surface area (Å²) in [5, 5.41) is 5.60. The molecule has 2 rings (SSSR count). The van der Waals surface area contributed by atoms with E-state index in [1.807, 2.05) is 18.2 Å². The summed E-state index contributed by atoms with van der Waals surface area (Å²) in [7, 11) is 0. The Balaban J connectivity index is 1.81. The van der Waals surface area contributed by atoms with Crippen molar-refractivity contribution in [1.82, 2.24) is 15.5 Å². The van der Waals surface area contributed by atoms with Gasteiger partial charge in [0.1, 0.15) is 6.04 Å². The van der Waals surface area contributed by atoms with Gasteiger partial charge in [0.05, 0.1) is 8.66 Å². The minimum atomic E-state index is -0.597. The fraction of sp³-hybridized carbons (Fsp3) is 0.400. The molecule has 146 valence electrons. The predicted octanol–water partition coefficient (Wildman–Crippen LogP) is 3.79. The number of thiophene rings is 1. The molecule has 0 bridgehead atoms. The van der Waals surface area contributed by atoms with Crippen LogP contribution in [0.1, 0.15) is 41.6 Å². The third kappa shape index (κ3) is 6.75. The van der Waals surface area contributed by atoms with Crippen LogP contribution in [0.4, 0.5) is 0 Å². The first kappa shape index (κ1) is 21.6. The van der Waals surface area contributed by atoms with Crippen LogP contribution < -0.4 is 10.6 Å². The van der Waals surface area contributed by atoms with Crippen molar-refractivity contribution in [2.24, 2.45) is 0 Å². The molecule has 0 aliphatic heterocycles. The maximum absolute atomic E-state index is 12.2. The summed E-state index contributed by atoms with van der Waals surface area (Å²) < 4.78 is 0.884. The standard InChI is InChI=1S/C20H26BrN3O2S/c1-4-24(5-2)13-16-8-6-15(7-9-16)12-22-19(25)14(3)23-20(26)17-10-11-18(21)27-17/h6-11,14H,4-5,12-13H2,1-3H3,(H,22,25)(H,23,26). The van der Waals surface area contributed by atoms with E-state index in [2.05, 4.69) is 57.4 Å². The molecule has 0 radical (unpaired) electrons. The summed E-state index contributed by atoms with van der Waals surface area (Å²) in [5.41, 5.74) is 2.30. The van der Waals surface area contributed by atoms with Crippen molar-refractivity contribution in [2.75, 3.05) is 13.1 Å². The zero-order chi connectivity index (χ0) is 19.8. The van der Waals surface area contributed by atoms with Crippen molar-refractivity contribution in [3.63, 3.8) is 0 Å². The number of carbonyl (C=O) groups is 2. The number of hydrogen-bond acceptors (Lipinski definition) is 4. The SMILES string of the molecule is CCN(CC)Cc1ccc(CNC(=O)C(C)NC(=O)c2ccc(Br)s2)cc1. The topological polar surface area (TPSA) is 61.4 Å². The monoisotopic (exact) mass is 451 g/mol. The number of hydrogen-bond donors (Lipinski definition) is 2. The second-order valence-corrected chi connectivity index (χ2v) is 8.76. The second-order valence-electron chi connectivity index (χ2n) is 6.29. The van der Waals surface area contributed by atoms with Gasteiger partial charge in [-0.15, -0.1) is 11.3 Å². The number of halogens is 1. The van der Waals surface area contributed by atoms with E-state index >= 15 is 0 Å². The Bertz CT molecular complexity index is 757. The smallest absolute Gasteiger partial charge is 0.262 e. The molecule has 0 saturated carbocycles. The van der Waals surface area contributed by atoms with Crippen LogP contribution in [-0.2, 0) is 17.9 Å². The molecule has 1 aromatic carbocycles. The van der Waals surface area contributed by atoms with Crippen molar-refractivity contribution in [3.05, 3.63) is 56.2 Å². The van der Waals surface area contributed by atoms with Gasteiger partial charge < -0.3 is 10.6 Å². The minimum absolute atomic E-state index is 0.203. The van der Waals surface area contributed by atoms with Crippen LogP contribution in [0.2, 0.25) is 0 Å². The Kier molecular flexibility index (Phi) is 8.47. The molecule has 0 aliphatic carbocycles. The lowest BCUT2D eigenvalue weighted by Gasteiger charge is -2.18. The molecule has 1 atom stereocenters. The minimum Gasteiger partial charge on any atom is -0.350 e. The number of rotatable bonds is 9. The number of carbonyl (C=O) groups excluding carboxylic acids is 2. The Labute approximate surface area is 173 Å². The lowest BCUT2D eigenvalue weighted by Crippen LogP contribution is -2.44. The number of nitrogens with zero attached hydrogens (tertiary/aromatic N) is 1. The molecule has 1 heterocycles. The van der Waals surface area contributed by atoms with E-state index in [9.17, 15) is 9.59 Å². The Morgan fingerprint density at radius 2 is 1.70 bits per heavy atom. The van der Waals surface area contributed by atoms with Crippen molar-refractivity contribution in [2.45, 2.75) is 39.9 Å². The highest BCUT2D eigenvalue weighted by molar-refractivity contribution is 9.11. The van der Waals surface area contributed by atoms with Gasteiger partial charge in [-0.3, -0.25) is 14.5 Å². The van der Waals surface area contributed by atoms with Gasteiger partial charge in [0.15, 0.2) is 0 Å². The van der Waals surface area contributed by atoms with Gasteiger partial charge in [0, 0.05) is 13.1 Å². The molecule has 7 heteroatoms. The Morgan fingerprint density at radius 3 is 2.26 bits per heavy atom. The van der Waals surface area contributed by atoms with Crippen LogP contribution in [0, 0.1) is 0 Å². The van der Waals surface area contributed by atoms with E-state index in [-0.39, 0.29) is 11.8 Å². The lowest BCUT2D eigenvalue weighted by atomic mass is 10.1. The molecular weight excluding hydrogens is 426 g/mol. The molecule has 1 unspecified atom stereocenters. The number of nitrogens with one attached hydrogen (secondary N) is 2. The van der Waals surface area contributed by atoms with Crippen LogP contribution in [0.15, 0.2) is 40.2 Å². The molecule has 2 aromatic rings. The zero-order valence-electron chi connectivity index (χ0n) is 15.9. The van der Waals surface area contributed by atoms with Crippen molar-refractivity contribution < 1.29 is 9.59 Å². The maximum Gasteiger partial charge on any atom is 0.262 e. The summed E-state index contributed by atoms with van der Waals surface area (Å²) in [6, 6.07) is 11.2. The first-order valence-corrected chi connectivity index (χ1v) is 10.7. The number of benzene rings is 1. The van der Waals surface area contributed by atoms with E-state index < -0.39 is 6.04 Å². The molecule has 0 saturated heterocycles. The summed E-state index contributed by atoms with van der Waals surface area (Å²) >= 11 is 4.67. The van der Waals surface area contributed by atoms with Gasteiger partial charge in [-0.25, -0.2) is 0 Å². The van der Waals surface area contributed by atoms with E-state index in [1.54, 1.807) is 13.0 Å². The van der Waals surface area contributed by atoms with Gasteiger partial charge in [0.2, 0.25) is 5.91 Å². The van der Waals surface area contributed by atoms with E-state index in [0.29, 0.717) is 11.4 Å². The molecule has 0 spiro atoms. The highest BCUT2D eigenvalue weighted by Gasteiger charge is 2.17. The van der Waals surface area contributed by atoms with Gasteiger partial charge >= 0.3 is 0 Å². The zero-order valence-corrected chi connectivity index (χ0v) is 18.3. The van der Waals surface area contributed by atoms with Crippen LogP contribution >= 0.6 is 27.3 Å². The van der Waals surface area contributed by atoms with Crippen molar-refractivity contribution >= 4 is 39.1 Å². The lowest BCUT2D eigenvalue weighted by molar-refractivity contribution is -0.122. The third-order valence-electron chi connectivity index (χ3n) is 4.33. The first-order chi connectivity index (χ1) is 12.9. The summed E-state index contributed by atoms with van der Waals surface area (Å²) in [6.45, 7) is 9.43. The fourth-order valence-corrected chi connectivity index (χ4v) is 3.87. The first-order valence-electron chi connectivity index (χ1n) is 9.07. The predicted molar refractivity (Wildman–Crippen MR) is 114 cm³/mol. The van der Waals surface area contributed by atoms with Crippen LogP contribution in [0.5, 0.6) is 0 Å². The summed E-state index contributed by atoms with van der Waals surface area (Å²) in [5.74, 6) is -0.444. The summed E-state index contributed by atoms with van der Waals surface area (Å²) in [6.07, 6.45) is 0. The maximum atomic E-state index is 12.2. The second kappa shape index (κ2) is 10.6. The molecule has 5 nitrogen and oxygen atoms in total. The van der Waals surface area contributed by atoms with Crippen LogP contribution in [0.25, 0.3) is 0 Å². The van der Waals surface area contributed by atoms with E-state index in [1.165, 1.54) is 16.9 Å². The van der Waals surface area contributed by atoms with Gasteiger partial charge in [0.25, 0.3) is 5.91 Å². The average molecular weight is 452 g/mol. The van der Waals surface area contributed by atoms with Crippen LogP contribution in [-0.4, -0.2) is 35.8 Å². The highest BCUT2D eigenvalue weighted by atomic mass is 79.9. The van der Waals surface area contributed by atoms with E-state index in [0.717, 1.165) is 29.0 Å². The normalized spacial score (nSPS) is 12.0. The highest BCUT2D eigenvalue weighted by Crippen LogP contribution is 2.21. The van der Waals surface area contributed by atoms with Gasteiger partial charge in [-0.05, 0) is 59.2 Å². The van der Waals surface area contributed by atoms with Crippen LogP contribution in [0.3, 0.4) is 0 Å². The largest absolute Gasteiger partial charge is 0.350 e. The molecular formula is C20H26BrN3O2S. The van der Waals surface area contributed by atoms with Crippen molar-refractivity contribution in [3.8, 4) is 0 Å². The third-order valence-corrected chi connectivity index (χ3v) is 5.95. The quantitative estimate of drug-likeness (QED) is 0.609. The number of amides is 2. The molecule has 0 fully saturated rings. The van der Waals surface area contributed by atoms with Gasteiger partial charge in [-0.2, -0.15) is 0 Å². The molecule has 1 aromatic heterocycles. The van der Waals surface area contributed by atoms with Crippen molar-refractivity contribution in [1.29, 1.82) is 0 Å². The Morgan fingerprint density at radius 1 is 1.07 bits per heavy atom. The fourth-order valence-electron chi connectivity index (χ4n) is 2.58. The molecule has 0 aliphatic rings. The average Bonchev–Trinajstić information content (AvgIpc) is 3.11. The molecule has 2 N–H and O–H groups in total. The van der Waals surface area contributed by atoms with E-state index in [4.69, 9.17) is 0 Å². The van der Waals surface area contributed by atoms with Gasteiger partial charge in [-0.1, -0.05) is 38.1 Å². The summed E-state index contributed by atoms with van der Waals surface area (Å²) in [4.78, 5) is 27.3. The Hall–Kier alpha value is -1.70. The molecule has 2 amide bonds. The molecule has 27 heavy (non-hydrogen) atoms.